The Bertz CT molecular complexity index is 513. The van der Waals surface area contributed by atoms with Gasteiger partial charge < -0.3 is 19.5 Å². The lowest BCUT2D eigenvalue weighted by molar-refractivity contribution is -0.0472. The molecule has 2 rings (SSSR count). The van der Waals surface area contributed by atoms with Crippen LogP contribution in [-0.4, -0.2) is 47.4 Å². The fourth-order valence-corrected chi connectivity index (χ4v) is 3.09. The van der Waals surface area contributed by atoms with E-state index in [4.69, 9.17) is 21.7 Å². The number of rotatable bonds is 2. The molecule has 2 atom stereocenters. The van der Waals surface area contributed by atoms with Gasteiger partial charge in [-0.2, -0.15) is 0 Å². The normalized spacial score (nSPS) is 22.7. The van der Waals surface area contributed by atoms with Crippen molar-refractivity contribution in [3.05, 3.63) is 22.2 Å². The molecule has 0 amide bonds. The summed E-state index contributed by atoms with van der Waals surface area (Å²) in [5, 5.41) is 9.85. The van der Waals surface area contributed by atoms with E-state index in [0.29, 0.717) is 10.2 Å². The molecule has 1 aromatic carbocycles. The van der Waals surface area contributed by atoms with Gasteiger partial charge in [0.05, 0.1) is 23.8 Å². The molecule has 1 aliphatic rings. The number of methoxy groups -OCH3 is 1. The Morgan fingerprint density at radius 1 is 1.40 bits per heavy atom. The SMILES string of the molecule is COc1cc(C(=S)N2C[C@@H](C)O[C@@H](C)C2)cc(Br)c1O. The lowest BCUT2D eigenvalue weighted by atomic mass is 10.1. The molecule has 1 aliphatic heterocycles. The number of hydrogen-bond acceptors (Lipinski definition) is 4. The third kappa shape index (κ3) is 3.24. The highest BCUT2D eigenvalue weighted by atomic mass is 79.9. The van der Waals surface area contributed by atoms with Crippen LogP contribution in [0.5, 0.6) is 11.5 Å². The van der Waals surface area contributed by atoms with Crippen LogP contribution in [0.15, 0.2) is 16.6 Å². The summed E-state index contributed by atoms with van der Waals surface area (Å²) in [4.78, 5) is 2.87. The first-order valence-electron chi connectivity index (χ1n) is 6.43. The van der Waals surface area contributed by atoms with Crippen LogP contribution in [0.25, 0.3) is 0 Å². The molecule has 1 N–H and O–H groups in total. The van der Waals surface area contributed by atoms with Gasteiger partial charge in [-0.15, -0.1) is 0 Å². The highest BCUT2D eigenvalue weighted by Crippen LogP contribution is 2.35. The molecule has 1 heterocycles. The fourth-order valence-electron chi connectivity index (χ4n) is 2.38. The Hall–Kier alpha value is -0.850. The summed E-state index contributed by atoms with van der Waals surface area (Å²) in [6.07, 6.45) is 0.304. The van der Waals surface area contributed by atoms with Gasteiger partial charge in [-0.1, -0.05) is 12.2 Å². The van der Waals surface area contributed by atoms with Gasteiger partial charge in [-0.05, 0) is 41.9 Å². The van der Waals surface area contributed by atoms with Crippen LogP contribution < -0.4 is 4.74 Å². The van der Waals surface area contributed by atoms with Gasteiger partial charge in [0.15, 0.2) is 11.5 Å². The first-order chi connectivity index (χ1) is 9.42. The molecule has 0 radical (unpaired) electrons. The number of benzene rings is 1. The van der Waals surface area contributed by atoms with Crippen molar-refractivity contribution < 1.29 is 14.6 Å². The Balaban J connectivity index is 2.27. The van der Waals surface area contributed by atoms with Crippen molar-refractivity contribution in [3.8, 4) is 11.5 Å². The van der Waals surface area contributed by atoms with E-state index in [1.165, 1.54) is 7.11 Å². The minimum atomic E-state index is 0.0859. The summed E-state index contributed by atoms with van der Waals surface area (Å²) in [7, 11) is 1.52. The Morgan fingerprint density at radius 2 is 2.00 bits per heavy atom. The second-order valence-electron chi connectivity index (χ2n) is 4.98. The fraction of sp³-hybridized carbons (Fsp3) is 0.500. The molecule has 0 aliphatic carbocycles. The van der Waals surface area contributed by atoms with E-state index in [9.17, 15) is 5.11 Å². The number of thiocarbonyl (C=S) groups is 1. The summed E-state index contributed by atoms with van der Waals surface area (Å²) in [6.45, 7) is 5.62. The monoisotopic (exact) mass is 359 g/mol. The van der Waals surface area contributed by atoms with Crippen LogP contribution in [0.4, 0.5) is 0 Å². The minimum absolute atomic E-state index is 0.0859. The standard InChI is InChI=1S/C14H18BrNO3S/c1-8-6-16(7-9(2)19-8)14(20)10-4-11(15)13(17)12(5-10)18-3/h4-5,8-9,17H,6-7H2,1-3H3/t8-,9+. The number of hydrogen-bond donors (Lipinski definition) is 1. The number of phenolic OH excluding ortho intramolecular Hbond substituents is 1. The number of nitrogens with zero attached hydrogens (tertiary/aromatic N) is 1. The lowest BCUT2D eigenvalue weighted by Gasteiger charge is -2.37. The maximum Gasteiger partial charge on any atom is 0.172 e. The molecule has 0 unspecified atom stereocenters. The number of aromatic hydroxyl groups is 1. The molecule has 0 aromatic heterocycles. The zero-order valence-electron chi connectivity index (χ0n) is 11.7. The molecular weight excluding hydrogens is 342 g/mol. The van der Waals surface area contributed by atoms with Crippen LogP contribution in [0.2, 0.25) is 0 Å². The molecular formula is C14H18BrNO3S. The number of morpholine rings is 1. The number of ether oxygens (including phenoxy) is 2. The van der Waals surface area contributed by atoms with Crippen LogP contribution >= 0.6 is 28.1 Å². The van der Waals surface area contributed by atoms with Crippen molar-refractivity contribution >= 4 is 33.1 Å². The number of phenols is 1. The zero-order valence-corrected chi connectivity index (χ0v) is 14.1. The van der Waals surface area contributed by atoms with Crippen molar-refractivity contribution in [1.82, 2.24) is 4.90 Å². The Morgan fingerprint density at radius 3 is 2.55 bits per heavy atom. The van der Waals surface area contributed by atoms with E-state index in [1.54, 1.807) is 6.07 Å². The second-order valence-corrected chi connectivity index (χ2v) is 6.22. The summed E-state index contributed by atoms with van der Waals surface area (Å²) in [5.74, 6) is 0.494. The molecule has 110 valence electrons. The van der Waals surface area contributed by atoms with Gasteiger partial charge in [-0.3, -0.25) is 0 Å². The quantitative estimate of drug-likeness (QED) is 0.822. The lowest BCUT2D eigenvalue weighted by Crippen LogP contribution is -2.47. The molecule has 1 fully saturated rings. The summed E-state index contributed by atoms with van der Waals surface area (Å²) < 4.78 is 11.5. The highest BCUT2D eigenvalue weighted by molar-refractivity contribution is 9.10. The van der Waals surface area contributed by atoms with Crippen molar-refractivity contribution in [1.29, 1.82) is 0 Å². The molecule has 6 heteroatoms. The van der Waals surface area contributed by atoms with Crippen molar-refractivity contribution in [3.63, 3.8) is 0 Å². The van der Waals surface area contributed by atoms with Crippen LogP contribution in [-0.2, 0) is 4.74 Å². The Kier molecular flexibility index (Phi) is 4.88. The van der Waals surface area contributed by atoms with E-state index in [2.05, 4.69) is 20.8 Å². The van der Waals surface area contributed by atoms with E-state index in [0.717, 1.165) is 23.6 Å². The van der Waals surface area contributed by atoms with Crippen LogP contribution in [0.3, 0.4) is 0 Å². The topological polar surface area (TPSA) is 41.9 Å². The van der Waals surface area contributed by atoms with Gasteiger partial charge in [-0.25, -0.2) is 0 Å². The first kappa shape index (κ1) is 15.5. The molecule has 0 spiro atoms. The third-order valence-corrected chi connectivity index (χ3v) is 4.30. The summed E-state index contributed by atoms with van der Waals surface area (Å²) >= 11 is 8.89. The third-order valence-electron chi connectivity index (χ3n) is 3.20. The van der Waals surface area contributed by atoms with Crippen LogP contribution in [0.1, 0.15) is 19.4 Å². The van der Waals surface area contributed by atoms with E-state index >= 15 is 0 Å². The van der Waals surface area contributed by atoms with Gasteiger partial charge in [0.2, 0.25) is 0 Å². The largest absolute Gasteiger partial charge is 0.503 e. The van der Waals surface area contributed by atoms with Crippen molar-refractivity contribution in [2.45, 2.75) is 26.1 Å². The summed E-state index contributed by atoms with van der Waals surface area (Å²) in [6, 6.07) is 3.57. The van der Waals surface area contributed by atoms with Gasteiger partial charge >= 0.3 is 0 Å². The second kappa shape index (κ2) is 6.28. The maximum atomic E-state index is 9.85. The molecule has 0 bridgehead atoms. The van der Waals surface area contributed by atoms with Gasteiger partial charge in [0.25, 0.3) is 0 Å². The average molecular weight is 360 g/mol. The minimum Gasteiger partial charge on any atom is -0.503 e. The summed E-state index contributed by atoms with van der Waals surface area (Å²) in [5.41, 5.74) is 0.850. The van der Waals surface area contributed by atoms with Crippen LogP contribution in [0, 0.1) is 0 Å². The Labute approximate surface area is 132 Å². The maximum absolute atomic E-state index is 9.85. The zero-order chi connectivity index (χ0) is 14.9. The highest BCUT2D eigenvalue weighted by Gasteiger charge is 2.25. The van der Waals surface area contributed by atoms with E-state index in [-0.39, 0.29) is 18.0 Å². The molecule has 20 heavy (non-hydrogen) atoms. The van der Waals surface area contributed by atoms with Gasteiger partial charge in [0, 0.05) is 18.7 Å². The molecule has 4 nitrogen and oxygen atoms in total. The smallest absolute Gasteiger partial charge is 0.172 e. The van der Waals surface area contributed by atoms with Crippen molar-refractivity contribution in [2.24, 2.45) is 0 Å². The predicted octanol–water partition coefficient (Wildman–Crippen LogP) is 2.95. The number of halogens is 1. The van der Waals surface area contributed by atoms with E-state index < -0.39 is 0 Å². The average Bonchev–Trinajstić information content (AvgIpc) is 2.39. The molecule has 0 saturated carbocycles. The first-order valence-corrected chi connectivity index (χ1v) is 7.63. The van der Waals surface area contributed by atoms with Gasteiger partial charge in [0.1, 0.15) is 4.99 Å². The molecule has 1 aromatic rings. The predicted molar refractivity (Wildman–Crippen MR) is 85.6 cm³/mol. The molecule has 1 saturated heterocycles. The van der Waals surface area contributed by atoms with Crippen molar-refractivity contribution in [2.75, 3.05) is 20.2 Å². The van der Waals surface area contributed by atoms with E-state index in [1.807, 2.05) is 19.9 Å².